The van der Waals surface area contributed by atoms with Gasteiger partial charge in [-0.3, -0.25) is 0 Å². The molecule has 0 saturated carbocycles. The van der Waals surface area contributed by atoms with Gasteiger partial charge in [0.1, 0.15) is 0 Å². The molecule has 2 rings (SSSR count). The average Bonchev–Trinajstić information content (AvgIpc) is 2.54. The van der Waals surface area contributed by atoms with Gasteiger partial charge < -0.3 is 4.84 Å². The standard InChI is InChI=1S/C12H15NO/c1-8-6-9(2)12(10(3)7-8)11-4-5-13-14-11/h5-7,11H,4H2,1-3H3. The van der Waals surface area contributed by atoms with Gasteiger partial charge >= 0.3 is 0 Å². The molecule has 1 unspecified atom stereocenters. The van der Waals surface area contributed by atoms with Gasteiger partial charge in [0.25, 0.3) is 0 Å². The van der Waals surface area contributed by atoms with E-state index >= 15 is 0 Å². The predicted octanol–water partition coefficient (Wildman–Crippen LogP) is 3.06. The maximum atomic E-state index is 5.31. The van der Waals surface area contributed by atoms with Crippen molar-refractivity contribution in [2.45, 2.75) is 33.3 Å². The van der Waals surface area contributed by atoms with Crippen LogP contribution in [0, 0.1) is 20.8 Å². The molecule has 0 bridgehead atoms. The van der Waals surface area contributed by atoms with Gasteiger partial charge in [-0.2, -0.15) is 0 Å². The summed E-state index contributed by atoms with van der Waals surface area (Å²) < 4.78 is 0. The zero-order valence-electron chi connectivity index (χ0n) is 8.87. The Labute approximate surface area is 84.6 Å². The van der Waals surface area contributed by atoms with Crippen molar-refractivity contribution in [1.29, 1.82) is 0 Å². The van der Waals surface area contributed by atoms with Crippen molar-refractivity contribution in [3.63, 3.8) is 0 Å². The first kappa shape index (κ1) is 9.25. The smallest absolute Gasteiger partial charge is 0.158 e. The third kappa shape index (κ3) is 1.52. The molecule has 0 saturated heterocycles. The van der Waals surface area contributed by atoms with Crippen molar-refractivity contribution in [3.05, 3.63) is 34.4 Å². The fourth-order valence-electron chi connectivity index (χ4n) is 2.17. The molecule has 0 aromatic heterocycles. The molecule has 0 spiro atoms. The van der Waals surface area contributed by atoms with Crippen LogP contribution in [0.4, 0.5) is 0 Å². The Morgan fingerprint density at radius 3 is 2.36 bits per heavy atom. The van der Waals surface area contributed by atoms with E-state index in [4.69, 9.17) is 4.84 Å². The molecule has 0 aliphatic carbocycles. The second kappa shape index (κ2) is 3.45. The molecule has 0 radical (unpaired) electrons. The maximum absolute atomic E-state index is 5.31. The van der Waals surface area contributed by atoms with Crippen LogP contribution in [0.2, 0.25) is 0 Å². The lowest BCUT2D eigenvalue weighted by Crippen LogP contribution is -2.02. The highest BCUT2D eigenvalue weighted by molar-refractivity contribution is 5.60. The van der Waals surface area contributed by atoms with E-state index in [-0.39, 0.29) is 6.10 Å². The molecule has 1 aliphatic rings. The van der Waals surface area contributed by atoms with Gasteiger partial charge in [-0.1, -0.05) is 22.9 Å². The molecule has 1 aliphatic heterocycles. The summed E-state index contributed by atoms with van der Waals surface area (Å²) in [6.07, 6.45) is 2.87. The van der Waals surface area contributed by atoms with Crippen molar-refractivity contribution < 1.29 is 4.84 Å². The van der Waals surface area contributed by atoms with Crippen LogP contribution in [0.5, 0.6) is 0 Å². The quantitative estimate of drug-likeness (QED) is 0.665. The average molecular weight is 189 g/mol. The van der Waals surface area contributed by atoms with Gasteiger partial charge in [0.15, 0.2) is 6.10 Å². The first-order valence-electron chi connectivity index (χ1n) is 4.94. The first-order chi connectivity index (χ1) is 6.68. The molecule has 74 valence electrons. The molecular formula is C12H15NO. The summed E-state index contributed by atoms with van der Waals surface area (Å²) in [5.41, 5.74) is 5.21. The second-order valence-corrected chi connectivity index (χ2v) is 3.93. The lowest BCUT2D eigenvalue weighted by atomic mass is 9.94. The SMILES string of the molecule is Cc1cc(C)c(C2CC=NO2)c(C)c1. The van der Waals surface area contributed by atoms with Crippen molar-refractivity contribution in [3.8, 4) is 0 Å². The number of rotatable bonds is 1. The highest BCUT2D eigenvalue weighted by atomic mass is 16.6. The monoisotopic (exact) mass is 189 g/mol. The summed E-state index contributed by atoms with van der Waals surface area (Å²) in [7, 11) is 0. The highest BCUT2D eigenvalue weighted by Gasteiger charge is 2.20. The van der Waals surface area contributed by atoms with Crippen molar-refractivity contribution in [2.75, 3.05) is 0 Å². The number of hydrogen-bond donors (Lipinski definition) is 0. The maximum Gasteiger partial charge on any atom is 0.158 e. The molecule has 2 heteroatoms. The van der Waals surface area contributed by atoms with Crippen LogP contribution in [0.15, 0.2) is 17.3 Å². The summed E-state index contributed by atoms with van der Waals surface area (Å²) in [6, 6.07) is 4.40. The molecule has 1 heterocycles. The summed E-state index contributed by atoms with van der Waals surface area (Å²) in [6.45, 7) is 6.39. The van der Waals surface area contributed by atoms with Gasteiger partial charge in [0, 0.05) is 18.2 Å². The number of nitrogens with zero attached hydrogens (tertiary/aromatic N) is 1. The molecule has 1 atom stereocenters. The molecule has 1 aromatic rings. The Hall–Kier alpha value is -1.31. The van der Waals surface area contributed by atoms with E-state index in [9.17, 15) is 0 Å². The van der Waals surface area contributed by atoms with Crippen LogP contribution in [-0.4, -0.2) is 6.21 Å². The van der Waals surface area contributed by atoms with E-state index in [1.807, 2.05) is 6.21 Å². The zero-order valence-corrected chi connectivity index (χ0v) is 8.87. The van der Waals surface area contributed by atoms with Crippen molar-refractivity contribution in [1.82, 2.24) is 0 Å². The van der Waals surface area contributed by atoms with E-state index in [1.54, 1.807) is 0 Å². The molecule has 14 heavy (non-hydrogen) atoms. The minimum absolute atomic E-state index is 0.135. The van der Waals surface area contributed by atoms with Crippen molar-refractivity contribution in [2.24, 2.45) is 5.16 Å². The van der Waals surface area contributed by atoms with Crippen LogP contribution >= 0.6 is 0 Å². The summed E-state index contributed by atoms with van der Waals surface area (Å²) in [5, 5.41) is 3.82. The van der Waals surface area contributed by atoms with E-state index < -0.39 is 0 Å². The minimum atomic E-state index is 0.135. The van der Waals surface area contributed by atoms with Crippen LogP contribution < -0.4 is 0 Å². The molecule has 0 amide bonds. The van der Waals surface area contributed by atoms with E-state index in [0.717, 1.165) is 6.42 Å². The van der Waals surface area contributed by atoms with E-state index in [1.165, 1.54) is 22.3 Å². The Bertz CT molecular complexity index is 351. The fourth-order valence-corrected chi connectivity index (χ4v) is 2.17. The Morgan fingerprint density at radius 1 is 1.21 bits per heavy atom. The van der Waals surface area contributed by atoms with E-state index in [2.05, 4.69) is 38.1 Å². The summed E-state index contributed by atoms with van der Waals surface area (Å²) in [5.74, 6) is 0. The molecule has 0 fully saturated rings. The van der Waals surface area contributed by atoms with Crippen LogP contribution in [0.3, 0.4) is 0 Å². The van der Waals surface area contributed by atoms with Gasteiger partial charge in [0.05, 0.1) is 0 Å². The normalized spacial score (nSPS) is 19.8. The number of oxime groups is 1. The fraction of sp³-hybridized carbons (Fsp3) is 0.417. The predicted molar refractivity (Wildman–Crippen MR) is 57.6 cm³/mol. The topological polar surface area (TPSA) is 21.6 Å². The number of aryl methyl sites for hydroxylation is 3. The molecule has 0 N–H and O–H groups in total. The van der Waals surface area contributed by atoms with Crippen LogP contribution in [0.25, 0.3) is 0 Å². The second-order valence-electron chi connectivity index (χ2n) is 3.93. The first-order valence-corrected chi connectivity index (χ1v) is 4.94. The Balaban J connectivity index is 2.41. The van der Waals surface area contributed by atoms with Crippen LogP contribution in [-0.2, 0) is 4.84 Å². The van der Waals surface area contributed by atoms with Gasteiger partial charge in [-0.05, 0) is 31.9 Å². The van der Waals surface area contributed by atoms with Gasteiger partial charge in [-0.25, -0.2) is 0 Å². The summed E-state index contributed by atoms with van der Waals surface area (Å²) in [4.78, 5) is 5.31. The number of benzene rings is 1. The minimum Gasteiger partial charge on any atom is -0.388 e. The van der Waals surface area contributed by atoms with Crippen LogP contribution in [0.1, 0.15) is 34.8 Å². The third-order valence-corrected chi connectivity index (χ3v) is 2.64. The lowest BCUT2D eigenvalue weighted by Gasteiger charge is -2.15. The van der Waals surface area contributed by atoms with Gasteiger partial charge in [0.2, 0.25) is 0 Å². The van der Waals surface area contributed by atoms with Crippen molar-refractivity contribution >= 4 is 6.21 Å². The van der Waals surface area contributed by atoms with E-state index in [0.29, 0.717) is 0 Å². The largest absolute Gasteiger partial charge is 0.388 e. The Morgan fingerprint density at radius 2 is 1.86 bits per heavy atom. The molecule has 2 nitrogen and oxygen atoms in total. The summed E-state index contributed by atoms with van der Waals surface area (Å²) >= 11 is 0. The Kier molecular flexibility index (Phi) is 2.28. The molecule has 1 aromatic carbocycles. The lowest BCUT2D eigenvalue weighted by molar-refractivity contribution is 0.0848. The third-order valence-electron chi connectivity index (χ3n) is 2.64. The molecular weight excluding hydrogens is 174 g/mol. The number of hydrogen-bond acceptors (Lipinski definition) is 2. The zero-order chi connectivity index (χ0) is 10.1. The highest BCUT2D eigenvalue weighted by Crippen LogP contribution is 2.30. The van der Waals surface area contributed by atoms with Gasteiger partial charge in [-0.15, -0.1) is 0 Å².